The maximum Gasteiger partial charge on any atom is 0.337 e. The van der Waals surface area contributed by atoms with Crippen molar-refractivity contribution in [2.75, 3.05) is 12.4 Å². The largest absolute Gasteiger partial charge is 0.465 e. The molecule has 0 fully saturated rings. The molecule has 0 heterocycles. The fraction of sp³-hybridized carbons (Fsp3) is 0.250. The average molecular weight is 389 g/mol. The van der Waals surface area contributed by atoms with E-state index < -0.39 is 23.8 Å². The van der Waals surface area contributed by atoms with E-state index in [0.717, 1.165) is 0 Å². The number of carbonyl (C=O) groups is 3. The number of rotatable bonds is 6. The molecule has 1 unspecified atom stereocenters. The van der Waals surface area contributed by atoms with Gasteiger partial charge in [0.15, 0.2) is 0 Å². The number of hydrogen-bond donors (Lipinski definition) is 2. The predicted molar refractivity (Wildman–Crippen MR) is 104 cm³/mol. The van der Waals surface area contributed by atoms with Crippen LogP contribution in [0.1, 0.15) is 34.6 Å². The third-order valence-corrected chi connectivity index (χ3v) is 4.24. The molecule has 0 aliphatic heterocycles. The van der Waals surface area contributed by atoms with Gasteiger partial charge >= 0.3 is 5.97 Å². The molecule has 0 saturated heterocycles. The molecule has 0 saturated carbocycles. The molecule has 2 N–H and O–H groups in total. The van der Waals surface area contributed by atoms with Crippen LogP contribution in [0.5, 0.6) is 0 Å². The van der Waals surface area contributed by atoms with Crippen molar-refractivity contribution < 1.29 is 19.1 Å². The third-order valence-electron chi connectivity index (χ3n) is 3.91. The number of benzene rings is 2. The van der Waals surface area contributed by atoms with Crippen molar-refractivity contribution in [1.82, 2.24) is 5.32 Å². The molecule has 0 spiro atoms. The van der Waals surface area contributed by atoms with Crippen molar-refractivity contribution in [1.29, 1.82) is 0 Å². The van der Waals surface area contributed by atoms with E-state index in [4.69, 9.17) is 11.6 Å². The lowest BCUT2D eigenvalue weighted by molar-refractivity contribution is -0.118. The Kier molecular flexibility index (Phi) is 6.96. The normalized spacial score (nSPS) is 11.6. The van der Waals surface area contributed by atoms with E-state index in [1.165, 1.54) is 13.2 Å². The number of amides is 2. The van der Waals surface area contributed by atoms with Gasteiger partial charge in [-0.05, 0) is 36.2 Å². The SMILES string of the molecule is COC(=O)c1cccc(NC(=O)C(NC(=O)c2ccccc2Cl)C(C)C)c1. The molecule has 7 heteroatoms. The first-order valence-corrected chi connectivity index (χ1v) is 8.76. The molecule has 2 aromatic rings. The molecule has 2 rings (SSSR count). The molecule has 1 atom stereocenters. The van der Waals surface area contributed by atoms with Crippen LogP contribution in [-0.2, 0) is 9.53 Å². The molecule has 2 amide bonds. The minimum absolute atomic E-state index is 0.166. The van der Waals surface area contributed by atoms with Crippen LogP contribution in [0.3, 0.4) is 0 Å². The van der Waals surface area contributed by atoms with Gasteiger partial charge in [-0.2, -0.15) is 0 Å². The van der Waals surface area contributed by atoms with E-state index in [0.29, 0.717) is 21.8 Å². The summed E-state index contributed by atoms with van der Waals surface area (Å²) < 4.78 is 4.67. The van der Waals surface area contributed by atoms with Crippen LogP contribution in [0.25, 0.3) is 0 Å². The number of hydrogen-bond acceptors (Lipinski definition) is 4. The van der Waals surface area contributed by atoms with E-state index in [9.17, 15) is 14.4 Å². The van der Waals surface area contributed by atoms with Crippen LogP contribution in [0.2, 0.25) is 5.02 Å². The van der Waals surface area contributed by atoms with E-state index in [1.807, 2.05) is 13.8 Å². The first-order valence-electron chi connectivity index (χ1n) is 8.38. The quantitative estimate of drug-likeness (QED) is 0.741. The van der Waals surface area contributed by atoms with Crippen LogP contribution >= 0.6 is 11.6 Å². The Labute approximate surface area is 162 Å². The Hall–Kier alpha value is -2.86. The Morgan fingerprint density at radius 2 is 1.74 bits per heavy atom. The molecular formula is C20H21ClN2O4. The van der Waals surface area contributed by atoms with Crippen molar-refractivity contribution in [2.24, 2.45) is 5.92 Å². The van der Waals surface area contributed by atoms with Gasteiger partial charge in [0.2, 0.25) is 5.91 Å². The van der Waals surface area contributed by atoms with Crippen molar-refractivity contribution in [3.63, 3.8) is 0 Å². The number of ether oxygens (including phenoxy) is 1. The summed E-state index contributed by atoms with van der Waals surface area (Å²) in [5.41, 5.74) is 1.04. The lowest BCUT2D eigenvalue weighted by atomic mass is 10.0. The standard InChI is InChI=1S/C20H21ClN2O4/c1-12(2)17(23-18(24)15-9-4-5-10-16(15)21)19(25)22-14-8-6-7-13(11-14)20(26)27-3/h4-12,17H,1-3H3,(H,22,25)(H,23,24). The van der Waals surface area contributed by atoms with Gasteiger partial charge in [0, 0.05) is 5.69 Å². The van der Waals surface area contributed by atoms with Gasteiger partial charge in [-0.15, -0.1) is 0 Å². The van der Waals surface area contributed by atoms with Crippen LogP contribution in [0.15, 0.2) is 48.5 Å². The molecule has 0 radical (unpaired) electrons. The zero-order valence-electron chi connectivity index (χ0n) is 15.3. The molecule has 27 heavy (non-hydrogen) atoms. The summed E-state index contributed by atoms with van der Waals surface area (Å²) in [4.78, 5) is 36.8. The summed E-state index contributed by atoms with van der Waals surface area (Å²) in [5.74, 6) is -1.50. The van der Waals surface area contributed by atoms with Crippen LogP contribution < -0.4 is 10.6 Å². The van der Waals surface area contributed by atoms with Gasteiger partial charge in [-0.3, -0.25) is 9.59 Å². The van der Waals surface area contributed by atoms with Crippen LogP contribution in [0.4, 0.5) is 5.69 Å². The fourth-order valence-corrected chi connectivity index (χ4v) is 2.68. The van der Waals surface area contributed by atoms with E-state index >= 15 is 0 Å². The number of esters is 1. The highest BCUT2D eigenvalue weighted by Crippen LogP contribution is 2.17. The van der Waals surface area contributed by atoms with Gasteiger partial charge in [-0.1, -0.05) is 43.6 Å². The van der Waals surface area contributed by atoms with E-state index in [1.54, 1.807) is 42.5 Å². The highest BCUT2D eigenvalue weighted by molar-refractivity contribution is 6.33. The maximum absolute atomic E-state index is 12.7. The number of carbonyl (C=O) groups excluding carboxylic acids is 3. The Morgan fingerprint density at radius 1 is 1.04 bits per heavy atom. The van der Waals surface area contributed by atoms with Crippen molar-refractivity contribution in [3.8, 4) is 0 Å². The molecule has 2 aromatic carbocycles. The molecule has 142 valence electrons. The predicted octanol–water partition coefficient (Wildman–Crippen LogP) is 3.52. The van der Waals surface area contributed by atoms with Crippen LogP contribution in [0, 0.1) is 5.92 Å². The Balaban J connectivity index is 2.15. The third kappa shape index (κ3) is 5.31. The zero-order valence-corrected chi connectivity index (χ0v) is 16.0. The second-order valence-electron chi connectivity index (χ2n) is 6.24. The highest BCUT2D eigenvalue weighted by atomic mass is 35.5. The van der Waals surface area contributed by atoms with Crippen LogP contribution in [-0.4, -0.2) is 30.9 Å². The lowest BCUT2D eigenvalue weighted by Crippen LogP contribution is -2.47. The van der Waals surface area contributed by atoms with Crippen molar-refractivity contribution in [3.05, 3.63) is 64.7 Å². The monoisotopic (exact) mass is 388 g/mol. The second-order valence-corrected chi connectivity index (χ2v) is 6.64. The summed E-state index contributed by atoms with van der Waals surface area (Å²) in [6.07, 6.45) is 0. The number of methoxy groups -OCH3 is 1. The van der Waals surface area contributed by atoms with E-state index in [-0.39, 0.29) is 5.92 Å². The Bertz CT molecular complexity index is 851. The average Bonchev–Trinajstić information content (AvgIpc) is 2.65. The van der Waals surface area contributed by atoms with Gasteiger partial charge < -0.3 is 15.4 Å². The Morgan fingerprint density at radius 3 is 2.37 bits per heavy atom. The lowest BCUT2D eigenvalue weighted by Gasteiger charge is -2.22. The first-order chi connectivity index (χ1) is 12.8. The van der Waals surface area contributed by atoms with Gasteiger partial charge in [0.05, 0.1) is 23.3 Å². The zero-order chi connectivity index (χ0) is 20.0. The summed E-state index contributed by atoms with van der Waals surface area (Å²) in [6.45, 7) is 3.64. The number of anilines is 1. The summed E-state index contributed by atoms with van der Waals surface area (Å²) in [6, 6.07) is 12.2. The summed E-state index contributed by atoms with van der Waals surface area (Å²) >= 11 is 6.05. The topological polar surface area (TPSA) is 84.5 Å². The summed E-state index contributed by atoms with van der Waals surface area (Å²) in [7, 11) is 1.28. The molecule has 0 aliphatic rings. The molecule has 0 aromatic heterocycles. The minimum atomic E-state index is -0.782. The smallest absolute Gasteiger partial charge is 0.337 e. The van der Waals surface area contributed by atoms with E-state index in [2.05, 4.69) is 15.4 Å². The van der Waals surface area contributed by atoms with Gasteiger partial charge in [0.1, 0.15) is 6.04 Å². The van der Waals surface area contributed by atoms with Crippen molar-refractivity contribution >= 4 is 35.1 Å². The molecular weight excluding hydrogens is 368 g/mol. The van der Waals surface area contributed by atoms with Gasteiger partial charge in [0.25, 0.3) is 5.91 Å². The second kappa shape index (κ2) is 9.19. The molecule has 6 nitrogen and oxygen atoms in total. The summed E-state index contributed by atoms with van der Waals surface area (Å²) in [5, 5.41) is 5.74. The maximum atomic E-state index is 12.7. The van der Waals surface area contributed by atoms with Gasteiger partial charge in [-0.25, -0.2) is 4.79 Å². The molecule has 0 aliphatic carbocycles. The minimum Gasteiger partial charge on any atom is -0.465 e. The first kappa shape index (κ1) is 20.5. The number of halogens is 1. The van der Waals surface area contributed by atoms with Crippen molar-refractivity contribution in [2.45, 2.75) is 19.9 Å². The molecule has 0 bridgehead atoms. The highest BCUT2D eigenvalue weighted by Gasteiger charge is 2.25. The number of nitrogens with one attached hydrogen (secondary N) is 2. The fourth-order valence-electron chi connectivity index (χ4n) is 2.46.